The molecule has 7 nitrogen and oxygen atoms in total. The highest BCUT2D eigenvalue weighted by Gasteiger charge is 2.42. The predicted molar refractivity (Wildman–Crippen MR) is 42.3 cm³/mol. The second-order valence-electron chi connectivity index (χ2n) is 2.37. The Bertz CT molecular complexity index is 309. The van der Waals surface area contributed by atoms with Crippen LogP contribution in [0.15, 0.2) is 5.10 Å². The number of nitrogens with zero attached hydrogens (tertiary/aromatic N) is 1. The first-order valence-corrected chi connectivity index (χ1v) is 3.46. The first-order chi connectivity index (χ1) is 6.07. The van der Waals surface area contributed by atoms with Gasteiger partial charge in [0.15, 0.2) is 5.92 Å². The van der Waals surface area contributed by atoms with Gasteiger partial charge in [0.1, 0.15) is 5.71 Å². The van der Waals surface area contributed by atoms with Crippen molar-refractivity contribution in [2.24, 2.45) is 16.8 Å². The molecule has 1 atom stereocenters. The molecule has 0 radical (unpaired) electrons. The fourth-order valence-corrected chi connectivity index (χ4v) is 1.00. The van der Waals surface area contributed by atoms with E-state index in [4.69, 9.17) is 5.73 Å². The maximum absolute atomic E-state index is 11.0. The lowest BCUT2D eigenvalue weighted by molar-refractivity contribution is -0.130. The molecule has 4 N–H and O–H groups in total. The van der Waals surface area contributed by atoms with Crippen LogP contribution in [-0.2, 0) is 14.4 Å². The molecule has 0 saturated carbocycles. The molecule has 1 aliphatic rings. The van der Waals surface area contributed by atoms with Gasteiger partial charge in [-0.15, -0.1) is 0 Å². The number of nitrogens with two attached hydrogens (primary N) is 1. The van der Waals surface area contributed by atoms with Crippen LogP contribution < -0.4 is 16.5 Å². The summed E-state index contributed by atoms with van der Waals surface area (Å²) in [5.74, 6) is -3.59. The highest BCUT2D eigenvalue weighted by Crippen LogP contribution is 2.07. The van der Waals surface area contributed by atoms with E-state index in [0.717, 1.165) is 0 Å². The predicted octanol–water partition coefficient (Wildman–Crippen LogP) is -2.68. The SMILES string of the molecule is CN/N=C1\C(=O)NC(=O)C1C(N)=O. The minimum absolute atomic E-state index is 0.194. The van der Waals surface area contributed by atoms with Crippen LogP contribution in [0.4, 0.5) is 0 Å². The molecule has 0 aromatic carbocycles. The smallest absolute Gasteiger partial charge is 0.275 e. The summed E-state index contributed by atoms with van der Waals surface area (Å²) in [4.78, 5) is 32.7. The third-order valence-electron chi connectivity index (χ3n) is 1.52. The van der Waals surface area contributed by atoms with Crippen LogP contribution in [0.5, 0.6) is 0 Å². The van der Waals surface area contributed by atoms with Gasteiger partial charge in [-0.25, -0.2) is 0 Å². The Morgan fingerprint density at radius 1 is 1.62 bits per heavy atom. The zero-order valence-corrected chi connectivity index (χ0v) is 6.83. The monoisotopic (exact) mass is 184 g/mol. The molecule has 1 fully saturated rings. The zero-order valence-electron chi connectivity index (χ0n) is 6.83. The van der Waals surface area contributed by atoms with E-state index in [1.807, 2.05) is 5.32 Å². The quantitative estimate of drug-likeness (QED) is 0.246. The van der Waals surface area contributed by atoms with Crippen molar-refractivity contribution in [3.05, 3.63) is 0 Å². The summed E-state index contributed by atoms with van der Waals surface area (Å²) in [5, 5.41) is 5.42. The maximum atomic E-state index is 11.0. The standard InChI is InChI=1S/C6H8N4O3/c1-8-10-3-2(4(7)11)5(12)9-6(3)13/h2,8H,1H3,(H2,7,11)(H,9,12,13)/b10-3-. The normalized spacial score (nSPS) is 24.7. The van der Waals surface area contributed by atoms with Gasteiger partial charge in [-0.3, -0.25) is 19.7 Å². The number of hydrogen-bond acceptors (Lipinski definition) is 5. The highest BCUT2D eigenvalue weighted by molar-refractivity contribution is 6.54. The van der Waals surface area contributed by atoms with E-state index in [1.165, 1.54) is 7.05 Å². The number of hydrazone groups is 1. The number of primary amides is 1. The molecule has 1 unspecified atom stereocenters. The first kappa shape index (κ1) is 9.17. The number of amides is 3. The van der Waals surface area contributed by atoms with E-state index in [9.17, 15) is 14.4 Å². The molecule has 1 saturated heterocycles. The third kappa shape index (κ3) is 1.48. The summed E-state index contributed by atoms with van der Waals surface area (Å²) in [6.45, 7) is 0. The van der Waals surface area contributed by atoms with Gasteiger partial charge >= 0.3 is 0 Å². The number of rotatable bonds is 2. The molecule has 0 aliphatic carbocycles. The van der Waals surface area contributed by atoms with E-state index in [2.05, 4.69) is 10.5 Å². The third-order valence-corrected chi connectivity index (χ3v) is 1.52. The summed E-state index contributed by atoms with van der Waals surface area (Å²) >= 11 is 0. The second-order valence-corrected chi connectivity index (χ2v) is 2.37. The van der Waals surface area contributed by atoms with Crippen LogP contribution in [0.25, 0.3) is 0 Å². The molecule has 1 rings (SSSR count). The Labute approximate surface area is 73.3 Å². The molecule has 1 heterocycles. The van der Waals surface area contributed by atoms with Gasteiger partial charge in [0.2, 0.25) is 11.8 Å². The Morgan fingerprint density at radius 3 is 2.69 bits per heavy atom. The van der Waals surface area contributed by atoms with Crippen LogP contribution in [0.2, 0.25) is 0 Å². The van der Waals surface area contributed by atoms with Gasteiger partial charge in [-0.1, -0.05) is 0 Å². The van der Waals surface area contributed by atoms with E-state index in [0.29, 0.717) is 0 Å². The van der Waals surface area contributed by atoms with Crippen molar-refractivity contribution in [3.63, 3.8) is 0 Å². The van der Waals surface area contributed by atoms with E-state index >= 15 is 0 Å². The lowest BCUT2D eigenvalue weighted by Gasteiger charge is -1.99. The Morgan fingerprint density at radius 2 is 2.23 bits per heavy atom. The zero-order chi connectivity index (χ0) is 10.0. The van der Waals surface area contributed by atoms with Crippen LogP contribution in [-0.4, -0.2) is 30.5 Å². The van der Waals surface area contributed by atoms with Gasteiger partial charge in [0.05, 0.1) is 0 Å². The molecule has 0 spiro atoms. The highest BCUT2D eigenvalue weighted by atomic mass is 16.2. The first-order valence-electron chi connectivity index (χ1n) is 3.46. The summed E-state index contributed by atoms with van der Waals surface area (Å²) in [6.07, 6.45) is 0. The van der Waals surface area contributed by atoms with Gasteiger partial charge in [0.25, 0.3) is 5.91 Å². The summed E-state index contributed by atoms with van der Waals surface area (Å²) in [7, 11) is 1.45. The molecule has 70 valence electrons. The van der Waals surface area contributed by atoms with E-state index in [-0.39, 0.29) is 5.71 Å². The van der Waals surface area contributed by atoms with Crippen LogP contribution in [0, 0.1) is 5.92 Å². The molecule has 0 aromatic heterocycles. The second kappa shape index (κ2) is 3.21. The number of hydrogen-bond donors (Lipinski definition) is 3. The fourth-order valence-electron chi connectivity index (χ4n) is 1.00. The average molecular weight is 184 g/mol. The number of imide groups is 1. The summed E-state index contributed by atoms with van der Waals surface area (Å²) in [5.41, 5.74) is 7.03. The molecular weight excluding hydrogens is 176 g/mol. The lowest BCUT2D eigenvalue weighted by atomic mass is 10.1. The fraction of sp³-hybridized carbons (Fsp3) is 0.333. The van der Waals surface area contributed by atoms with Crippen molar-refractivity contribution in [1.29, 1.82) is 0 Å². The van der Waals surface area contributed by atoms with Crippen LogP contribution in [0.1, 0.15) is 0 Å². The van der Waals surface area contributed by atoms with Gasteiger partial charge in [-0.05, 0) is 0 Å². The van der Waals surface area contributed by atoms with Crippen molar-refractivity contribution < 1.29 is 14.4 Å². The molecule has 0 aromatic rings. The van der Waals surface area contributed by atoms with Crippen molar-refractivity contribution in [2.75, 3.05) is 7.05 Å². The van der Waals surface area contributed by atoms with Crippen LogP contribution >= 0.6 is 0 Å². The summed E-state index contributed by atoms with van der Waals surface area (Å²) in [6, 6.07) is 0. The van der Waals surface area contributed by atoms with Crippen molar-refractivity contribution in [3.8, 4) is 0 Å². The van der Waals surface area contributed by atoms with Gasteiger partial charge in [0, 0.05) is 7.05 Å². The lowest BCUT2D eigenvalue weighted by Crippen LogP contribution is -2.34. The average Bonchev–Trinajstić information content (AvgIpc) is 2.27. The van der Waals surface area contributed by atoms with Crippen LogP contribution in [0.3, 0.4) is 0 Å². The summed E-state index contributed by atoms with van der Waals surface area (Å²) < 4.78 is 0. The Hall–Kier alpha value is -1.92. The van der Waals surface area contributed by atoms with Crippen molar-refractivity contribution >= 4 is 23.4 Å². The number of carbonyl (C=O) groups excluding carboxylic acids is 3. The van der Waals surface area contributed by atoms with Crippen molar-refractivity contribution in [1.82, 2.24) is 10.7 Å². The molecular formula is C6H8N4O3. The van der Waals surface area contributed by atoms with E-state index < -0.39 is 23.6 Å². The van der Waals surface area contributed by atoms with Crippen molar-refractivity contribution in [2.45, 2.75) is 0 Å². The molecule has 7 heteroatoms. The Balaban J connectivity index is 3.04. The largest absolute Gasteiger partial charge is 0.369 e. The number of carbonyl (C=O) groups is 3. The molecule has 3 amide bonds. The topological polar surface area (TPSA) is 114 Å². The minimum Gasteiger partial charge on any atom is -0.369 e. The minimum atomic E-state index is -1.28. The molecule has 13 heavy (non-hydrogen) atoms. The molecule has 1 aliphatic heterocycles. The Kier molecular flexibility index (Phi) is 2.27. The van der Waals surface area contributed by atoms with E-state index in [1.54, 1.807) is 0 Å². The maximum Gasteiger partial charge on any atom is 0.275 e. The van der Waals surface area contributed by atoms with Gasteiger partial charge < -0.3 is 11.2 Å². The van der Waals surface area contributed by atoms with Gasteiger partial charge in [-0.2, -0.15) is 5.10 Å². The molecule has 0 bridgehead atoms. The number of nitrogens with one attached hydrogen (secondary N) is 2.